The number of carbonyl (C=O) groups is 2. The number of alkyl halides is 3. The minimum absolute atomic E-state index is 0.0703. The molecule has 2 rings (SSSR count). The molecule has 0 aromatic heterocycles. The normalized spacial score (nSPS) is 15.9. The molecular weight excluding hydrogens is 320 g/mol. The molecule has 0 heterocycles. The molecule has 0 spiro atoms. The van der Waals surface area contributed by atoms with Crippen molar-refractivity contribution in [2.75, 3.05) is 18.5 Å². The maximum atomic E-state index is 13.5. The largest absolute Gasteiger partial charge is 0.416 e. The van der Waals surface area contributed by atoms with E-state index in [2.05, 4.69) is 5.32 Å². The van der Waals surface area contributed by atoms with Gasteiger partial charge >= 0.3 is 18.0 Å². The van der Waals surface area contributed by atoms with Crippen molar-refractivity contribution >= 4 is 17.5 Å². The molecule has 1 saturated carbocycles. The molecule has 2 amide bonds. The quantitative estimate of drug-likeness (QED) is 0.579. The van der Waals surface area contributed by atoms with Crippen LogP contribution >= 0.6 is 0 Å². The molecule has 1 aliphatic rings. The lowest BCUT2D eigenvalue weighted by molar-refractivity contribution is -0.137. The van der Waals surface area contributed by atoms with Gasteiger partial charge in [-0.3, -0.25) is 9.59 Å². The van der Waals surface area contributed by atoms with Crippen molar-refractivity contribution in [3.63, 3.8) is 0 Å². The minimum Gasteiger partial charge on any atom is -0.396 e. The number of benzene rings is 1. The second-order valence-electron chi connectivity index (χ2n) is 5.49. The Hall–Kier alpha value is -2.16. The van der Waals surface area contributed by atoms with E-state index in [1.54, 1.807) is 0 Å². The van der Waals surface area contributed by atoms with Gasteiger partial charge in [0.2, 0.25) is 0 Å². The SMILES string of the molecule is O=C(NCC1(CO)CC1)C(=O)Nc1cc(C(F)(F)F)ccc1F. The number of aliphatic hydroxyl groups excluding tert-OH is 1. The summed E-state index contributed by atoms with van der Waals surface area (Å²) in [6.45, 7) is -0.0714. The molecule has 0 bridgehead atoms. The van der Waals surface area contributed by atoms with Crippen LogP contribution in [0.4, 0.5) is 23.2 Å². The van der Waals surface area contributed by atoms with Crippen LogP contribution in [0.15, 0.2) is 18.2 Å². The Labute approximate surface area is 128 Å². The number of hydrogen-bond acceptors (Lipinski definition) is 3. The van der Waals surface area contributed by atoms with Gasteiger partial charge in [-0.15, -0.1) is 0 Å². The van der Waals surface area contributed by atoms with Gasteiger partial charge in [-0.2, -0.15) is 13.2 Å². The molecule has 1 aromatic rings. The lowest BCUT2D eigenvalue weighted by Crippen LogP contribution is -2.39. The van der Waals surface area contributed by atoms with Gasteiger partial charge in [-0.05, 0) is 31.0 Å². The smallest absolute Gasteiger partial charge is 0.396 e. The van der Waals surface area contributed by atoms with E-state index in [4.69, 9.17) is 5.11 Å². The number of anilines is 1. The Kier molecular flexibility index (Phi) is 4.60. The summed E-state index contributed by atoms with van der Waals surface area (Å²) in [6.07, 6.45) is -3.30. The Morgan fingerprint density at radius 3 is 2.39 bits per heavy atom. The molecule has 0 radical (unpaired) electrons. The summed E-state index contributed by atoms with van der Waals surface area (Å²) >= 11 is 0. The number of nitrogens with one attached hydrogen (secondary N) is 2. The van der Waals surface area contributed by atoms with E-state index in [9.17, 15) is 27.2 Å². The predicted molar refractivity (Wildman–Crippen MR) is 71.8 cm³/mol. The zero-order valence-electron chi connectivity index (χ0n) is 11.8. The highest BCUT2D eigenvalue weighted by Crippen LogP contribution is 2.44. The van der Waals surface area contributed by atoms with Crippen molar-refractivity contribution in [1.82, 2.24) is 5.32 Å². The monoisotopic (exact) mass is 334 g/mol. The molecule has 0 saturated heterocycles. The van der Waals surface area contributed by atoms with Gasteiger partial charge in [-0.25, -0.2) is 4.39 Å². The Morgan fingerprint density at radius 2 is 1.87 bits per heavy atom. The summed E-state index contributed by atoms with van der Waals surface area (Å²) in [4.78, 5) is 23.2. The van der Waals surface area contributed by atoms with Gasteiger partial charge in [0.1, 0.15) is 5.82 Å². The topological polar surface area (TPSA) is 78.4 Å². The Balaban J connectivity index is 2.00. The van der Waals surface area contributed by atoms with Crippen LogP contribution in [-0.2, 0) is 15.8 Å². The standard InChI is InChI=1S/C14H14F4N2O3/c15-9-2-1-8(14(16,17)18)5-10(9)20-12(23)11(22)19-6-13(7-21)3-4-13/h1-2,5,21H,3-4,6-7H2,(H,19,22)(H,20,23). The second-order valence-corrected chi connectivity index (χ2v) is 5.49. The van der Waals surface area contributed by atoms with E-state index in [1.165, 1.54) is 0 Å². The number of halogens is 4. The van der Waals surface area contributed by atoms with Gasteiger partial charge in [0.05, 0.1) is 17.9 Å². The van der Waals surface area contributed by atoms with Crippen molar-refractivity contribution in [3.05, 3.63) is 29.6 Å². The van der Waals surface area contributed by atoms with Gasteiger partial charge in [-0.1, -0.05) is 0 Å². The number of hydrogen-bond donors (Lipinski definition) is 3. The molecule has 1 aliphatic carbocycles. The van der Waals surface area contributed by atoms with E-state index < -0.39 is 40.5 Å². The number of rotatable bonds is 4. The molecular formula is C14H14F4N2O3. The lowest BCUT2D eigenvalue weighted by atomic mass is 10.1. The highest BCUT2D eigenvalue weighted by Gasteiger charge is 2.42. The third-order valence-corrected chi connectivity index (χ3v) is 3.66. The van der Waals surface area contributed by atoms with Crippen LogP contribution in [0.2, 0.25) is 0 Å². The first-order valence-electron chi connectivity index (χ1n) is 6.74. The molecule has 1 fully saturated rings. The van der Waals surface area contributed by atoms with Crippen molar-refractivity contribution in [2.24, 2.45) is 5.41 Å². The molecule has 3 N–H and O–H groups in total. The maximum absolute atomic E-state index is 13.5. The number of carbonyl (C=O) groups excluding carboxylic acids is 2. The average molecular weight is 334 g/mol. The predicted octanol–water partition coefficient (Wildman–Crippen LogP) is 1.67. The summed E-state index contributed by atoms with van der Waals surface area (Å²) in [6, 6.07) is 1.50. The molecule has 23 heavy (non-hydrogen) atoms. The van der Waals surface area contributed by atoms with E-state index in [1.807, 2.05) is 5.32 Å². The van der Waals surface area contributed by atoms with Crippen LogP contribution in [0.1, 0.15) is 18.4 Å². The molecule has 126 valence electrons. The summed E-state index contributed by atoms with van der Waals surface area (Å²) < 4.78 is 51.1. The molecule has 5 nitrogen and oxygen atoms in total. The van der Waals surface area contributed by atoms with Crippen LogP contribution in [0.3, 0.4) is 0 Å². The fraction of sp³-hybridized carbons (Fsp3) is 0.429. The van der Waals surface area contributed by atoms with Gasteiger partial charge in [0.25, 0.3) is 0 Å². The first kappa shape index (κ1) is 17.2. The van der Waals surface area contributed by atoms with E-state index in [0.29, 0.717) is 31.0 Å². The van der Waals surface area contributed by atoms with Crippen molar-refractivity contribution in [3.8, 4) is 0 Å². The third-order valence-electron chi connectivity index (χ3n) is 3.66. The van der Waals surface area contributed by atoms with E-state index >= 15 is 0 Å². The summed E-state index contributed by atoms with van der Waals surface area (Å²) in [5, 5.41) is 13.2. The summed E-state index contributed by atoms with van der Waals surface area (Å²) in [5.41, 5.74) is -2.31. The van der Waals surface area contributed by atoms with Crippen molar-refractivity contribution in [2.45, 2.75) is 19.0 Å². The molecule has 9 heteroatoms. The number of amides is 2. The lowest BCUT2D eigenvalue weighted by Gasteiger charge is -2.13. The number of aliphatic hydroxyl groups is 1. The summed E-state index contributed by atoms with van der Waals surface area (Å²) in [5.74, 6) is -3.48. The Morgan fingerprint density at radius 1 is 1.22 bits per heavy atom. The zero-order valence-corrected chi connectivity index (χ0v) is 11.8. The highest BCUT2D eigenvalue weighted by atomic mass is 19.4. The van der Waals surface area contributed by atoms with Gasteiger partial charge < -0.3 is 15.7 Å². The van der Waals surface area contributed by atoms with Crippen LogP contribution in [0.5, 0.6) is 0 Å². The first-order valence-corrected chi connectivity index (χ1v) is 6.74. The molecule has 0 aliphatic heterocycles. The van der Waals surface area contributed by atoms with Crippen molar-refractivity contribution in [1.29, 1.82) is 0 Å². The van der Waals surface area contributed by atoms with Gasteiger partial charge in [0, 0.05) is 12.0 Å². The average Bonchev–Trinajstić information content (AvgIpc) is 3.26. The van der Waals surface area contributed by atoms with E-state index in [-0.39, 0.29) is 13.2 Å². The molecule has 0 atom stereocenters. The minimum atomic E-state index is -4.70. The van der Waals surface area contributed by atoms with Crippen molar-refractivity contribution < 1.29 is 32.3 Å². The molecule has 0 unspecified atom stereocenters. The highest BCUT2D eigenvalue weighted by molar-refractivity contribution is 6.39. The van der Waals surface area contributed by atoms with Crippen LogP contribution in [0.25, 0.3) is 0 Å². The Bertz CT molecular complexity index is 627. The molecule has 1 aromatic carbocycles. The van der Waals surface area contributed by atoms with Crippen LogP contribution in [0, 0.1) is 11.2 Å². The van der Waals surface area contributed by atoms with E-state index in [0.717, 1.165) is 0 Å². The van der Waals surface area contributed by atoms with Crippen LogP contribution in [-0.4, -0.2) is 30.1 Å². The van der Waals surface area contributed by atoms with Crippen LogP contribution < -0.4 is 10.6 Å². The van der Waals surface area contributed by atoms with Gasteiger partial charge in [0.15, 0.2) is 0 Å². The second kappa shape index (κ2) is 6.15. The first-order chi connectivity index (χ1) is 10.7. The maximum Gasteiger partial charge on any atom is 0.416 e. The summed E-state index contributed by atoms with van der Waals surface area (Å²) in [7, 11) is 0. The fourth-order valence-electron chi connectivity index (χ4n) is 1.89. The third kappa shape index (κ3) is 4.19. The fourth-order valence-corrected chi connectivity index (χ4v) is 1.89. The zero-order chi connectivity index (χ0) is 17.3.